The second-order valence-electron chi connectivity index (χ2n) is 12.5. The highest BCUT2D eigenvalue weighted by Gasteiger charge is 2.70. The van der Waals surface area contributed by atoms with Crippen molar-refractivity contribution >= 4 is 0 Å². The Balaban J connectivity index is 1.31. The molecule has 4 aliphatic carbocycles. The molecular formula is C27H40O5. The monoisotopic (exact) mass is 444 g/mol. The quantitative estimate of drug-likeness (QED) is 0.498. The lowest BCUT2D eigenvalue weighted by atomic mass is 9.46. The SMILES string of the molecule is C=C1CO[C@@]2(O[C@H]3C[C@@H]4[C@@H]5CC=C6C[C@@H](O)C[C@@H](O)[C@]6(C)[C@@H]5CC[C@]4(C)[C@H]3[C@@H]2C)[C@H](O)C1. The molecule has 2 aliphatic heterocycles. The summed E-state index contributed by atoms with van der Waals surface area (Å²) in [6.07, 6.45) is 7.03. The summed E-state index contributed by atoms with van der Waals surface area (Å²) in [5.74, 6) is 1.20. The van der Waals surface area contributed by atoms with Crippen molar-refractivity contribution < 1.29 is 24.8 Å². The molecule has 0 aromatic carbocycles. The van der Waals surface area contributed by atoms with Crippen molar-refractivity contribution in [3.63, 3.8) is 0 Å². The molecule has 5 fully saturated rings. The second kappa shape index (κ2) is 6.91. The van der Waals surface area contributed by atoms with Gasteiger partial charge in [0.15, 0.2) is 5.79 Å². The summed E-state index contributed by atoms with van der Waals surface area (Å²) in [4.78, 5) is 0. The molecule has 5 nitrogen and oxygen atoms in total. The van der Waals surface area contributed by atoms with E-state index in [0.29, 0.717) is 49.5 Å². The number of aliphatic hydroxyl groups is 3. The third-order valence-corrected chi connectivity index (χ3v) is 11.2. The maximum atomic E-state index is 11.1. The van der Waals surface area contributed by atoms with Gasteiger partial charge < -0.3 is 24.8 Å². The molecule has 6 rings (SSSR count). The molecule has 1 spiro atoms. The van der Waals surface area contributed by atoms with Gasteiger partial charge in [0.05, 0.1) is 24.9 Å². The number of aliphatic hydroxyl groups excluding tert-OH is 3. The molecule has 3 N–H and O–H groups in total. The summed E-state index contributed by atoms with van der Waals surface area (Å²) in [7, 11) is 0. The summed E-state index contributed by atoms with van der Waals surface area (Å²) >= 11 is 0. The zero-order chi connectivity index (χ0) is 22.6. The minimum absolute atomic E-state index is 0.121. The lowest BCUT2D eigenvalue weighted by Gasteiger charge is -2.59. The molecule has 2 saturated heterocycles. The fourth-order valence-corrected chi connectivity index (χ4v) is 9.67. The minimum atomic E-state index is -0.886. The topological polar surface area (TPSA) is 79.2 Å². The van der Waals surface area contributed by atoms with Crippen LogP contribution in [0.5, 0.6) is 0 Å². The Morgan fingerprint density at radius 2 is 1.84 bits per heavy atom. The third kappa shape index (κ3) is 2.58. The highest BCUT2D eigenvalue weighted by molar-refractivity contribution is 5.28. The summed E-state index contributed by atoms with van der Waals surface area (Å²) in [5.41, 5.74) is 2.18. The molecule has 2 heterocycles. The first kappa shape index (κ1) is 21.8. The molecule has 0 radical (unpaired) electrons. The van der Waals surface area contributed by atoms with Crippen LogP contribution in [0.2, 0.25) is 0 Å². The first-order valence-electron chi connectivity index (χ1n) is 12.8. The molecular weight excluding hydrogens is 404 g/mol. The van der Waals surface area contributed by atoms with Crippen LogP contribution < -0.4 is 0 Å². The van der Waals surface area contributed by atoms with Crippen LogP contribution in [0, 0.1) is 40.4 Å². The van der Waals surface area contributed by atoms with Gasteiger partial charge in [-0.15, -0.1) is 0 Å². The van der Waals surface area contributed by atoms with Gasteiger partial charge >= 0.3 is 0 Å². The maximum Gasteiger partial charge on any atom is 0.198 e. The van der Waals surface area contributed by atoms with Crippen molar-refractivity contribution in [2.24, 2.45) is 40.4 Å². The molecule has 0 aromatic rings. The van der Waals surface area contributed by atoms with Crippen molar-refractivity contribution in [1.29, 1.82) is 0 Å². The zero-order valence-corrected chi connectivity index (χ0v) is 19.8. The molecule has 0 bridgehead atoms. The molecule has 5 heteroatoms. The smallest absolute Gasteiger partial charge is 0.198 e. The van der Waals surface area contributed by atoms with E-state index in [4.69, 9.17) is 9.47 Å². The van der Waals surface area contributed by atoms with E-state index in [9.17, 15) is 15.3 Å². The highest BCUT2D eigenvalue weighted by Crippen LogP contribution is 2.70. The van der Waals surface area contributed by atoms with Crippen LogP contribution in [0.1, 0.15) is 65.7 Å². The van der Waals surface area contributed by atoms with Crippen molar-refractivity contribution in [2.75, 3.05) is 6.61 Å². The summed E-state index contributed by atoms with van der Waals surface area (Å²) in [6, 6.07) is 0. The molecule has 3 saturated carbocycles. The van der Waals surface area contributed by atoms with Gasteiger partial charge in [0.2, 0.25) is 0 Å². The van der Waals surface area contributed by atoms with Gasteiger partial charge in [-0.25, -0.2) is 0 Å². The predicted octanol–water partition coefficient (Wildman–Crippen LogP) is 3.58. The molecule has 6 aliphatic rings. The number of fused-ring (bicyclic) bond motifs is 7. The average molecular weight is 445 g/mol. The number of ether oxygens (including phenoxy) is 2. The largest absolute Gasteiger partial charge is 0.393 e. The van der Waals surface area contributed by atoms with E-state index in [0.717, 1.165) is 31.3 Å². The van der Waals surface area contributed by atoms with Crippen molar-refractivity contribution in [3.05, 3.63) is 23.8 Å². The van der Waals surface area contributed by atoms with Crippen LogP contribution in [0.15, 0.2) is 23.8 Å². The molecule has 32 heavy (non-hydrogen) atoms. The van der Waals surface area contributed by atoms with Gasteiger partial charge in [0, 0.05) is 24.2 Å². The fourth-order valence-electron chi connectivity index (χ4n) is 9.67. The number of hydrogen-bond donors (Lipinski definition) is 3. The first-order chi connectivity index (χ1) is 15.1. The standard InChI is InChI=1S/C27H40O5/c1-14-9-23(30)27(31-13-14)15(2)24-21(32-27)12-20-18-6-5-16-10-17(28)11-22(29)26(16,4)19(18)7-8-25(20,24)3/h5,15,17-24,28-30H,1,6-13H2,2-4H3/t15-,17+,18+,19+,20+,21-,22+,23+,24-,25-,26-,27-/m0/s1. The van der Waals surface area contributed by atoms with Gasteiger partial charge in [0.1, 0.15) is 6.10 Å². The normalized spacial score (nSPS) is 59.2. The molecule has 0 unspecified atom stereocenters. The summed E-state index contributed by atoms with van der Waals surface area (Å²) in [6.45, 7) is 11.4. The Bertz CT molecular complexity index is 853. The molecule has 12 atom stereocenters. The molecule has 178 valence electrons. The molecule has 0 amide bonds. The van der Waals surface area contributed by atoms with E-state index in [1.54, 1.807) is 0 Å². The van der Waals surface area contributed by atoms with Crippen molar-refractivity contribution in [3.8, 4) is 0 Å². The van der Waals surface area contributed by atoms with Crippen LogP contribution in [-0.4, -0.2) is 52.1 Å². The zero-order valence-electron chi connectivity index (χ0n) is 19.8. The predicted molar refractivity (Wildman–Crippen MR) is 120 cm³/mol. The number of rotatable bonds is 0. The van der Waals surface area contributed by atoms with Crippen LogP contribution >= 0.6 is 0 Å². The summed E-state index contributed by atoms with van der Waals surface area (Å²) in [5, 5.41) is 32.4. The average Bonchev–Trinajstić information content (AvgIpc) is 3.18. The third-order valence-electron chi connectivity index (χ3n) is 11.2. The first-order valence-corrected chi connectivity index (χ1v) is 12.8. The van der Waals surface area contributed by atoms with Gasteiger partial charge in [0.25, 0.3) is 0 Å². The van der Waals surface area contributed by atoms with Crippen LogP contribution in [0.3, 0.4) is 0 Å². The highest BCUT2D eigenvalue weighted by atomic mass is 16.7. The van der Waals surface area contributed by atoms with Gasteiger partial charge in [-0.3, -0.25) is 0 Å². The van der Waals surface area contributed by atoms with E-state index in [2.05, 4.69) is 33.4 Å². The van der Waals surface area contributed by atoms with E-state index < -0.39 is 24.1 Å². The second-order valence-corrected chi connectivity index (χ2v) is 12.5. The van der Waals surface area contributed by atoms with Crippen LogP contribution in [0.25, 0.3) is 0 Å². The van der Waals surface area contributed by atoms with Gasteiger partial charge in [-0.1, -0.05) is 39.0 Å². The number of hydrogen-bond acceptors (Lipinski definition) is 5. The van der Waals surface area contributed by atoms with Gasteiger partial charge in [-0.05, 0) is 66.8 Å². The molecule has 0 aromatic heterocycles. The van der Waals surface area contributed by atoms with Crippen molar-refractivity contribution in [1.82, 2.24) is 0 Å². The Morgan fingerprint density at radius 3 is 2.59 bits per heavy atom. The maximum absolute atomic E-state index is 11.1. The van der Waals surface area contributed by atoms with E-state index in [-0.39, 0.29) is 22.9 Å². The lowest BCUT2D eigenvalue weighted by Crippen LogP contribution is -2.57. The fraction of sp³-hybridized carbons (Fsp3) is 0.852. The Morgan fingerprint density at radius 1 is 1.06 bits per heavy atom. The lowest BCUT2D eigenvalue weighted by molar-refractivity contribution is -0.299. The van der Waals surface area contributed by atoms with E-state index in [1.807, 2.05) is 0 Å². The van der Waals surface area contributed by atoms with Gasteiger partial charge in [-0.2, -0.15) is 0 Å². The number of allylic oxidation sites excluding steroid dienone is 1. The Kier molecular flexibility index (Phi) is 4.71. The van der Waals surface area contributed by atoms with E-state index in [1.165, 1.54) is 5.57 Å². The van der Waals surface area contributed by atoms with E-state index >= 15 is 0 Å². The Labute approximate surface area is 191 Å². The van der Waals surface area contributed by atoms with Crippen LogP contribution in [0.4, 0.5) is 0 Å². The minimum Gasteiger partial charge on any atom is -0.393 e. The van der Waals surface area contributed by atoms with Crippen molar-refractivity contribution in [2.45, 2.75) is 95.9 Å². The Hall–Kier alpha value is -0.720. The van der Waals surface area contributed by atoms with Crippen LogP contribution in [-0.2, 0) is 9.47 Å². The summed E-state index contributed by atoms with van der Waals surface area (Å²) < 4.78 is 12.9.